The number of carbonyl (C=O) groups excluding carboxylic acids is 1. The fourth-order valence-corrected chi connectivity index (χ4v) is 4.66. The van der Waals surface area contributed by atoms with Crippen LogP contribution >= 0.6 is 0 Å². The highest BCUT2D eigenvalue weighted by Gasteiger charge is 2.43. The van der Waals surface area contributed by atoms with Crippen molar-refractivity contribution in [3.8, 4) is 0 Å². The Labute approximate surface area is 133 Å². The molecule has 0 unspecified atom stereocenters. The molecule has 2 atom stereocenters. The molecule has 0 radical (unpaired) electrons. The second-order valence-electron chi connectivity index (χ2n) is 5.66. The number of primary amides is 1. The van der Waals surface area contributed by atoms with E-state index in [1.165, 1.54) is 6.07 Å². The predicted octanol–water partition coefficient (Wildman–Crippen LogP) is 0.152. The first-order valence-electron chi connectivity index (χ1n) is 7.16. The van der Waals surface area contributed by atoms with Crippen LogP contribution in [0.4, 0.5) is 0 Å². The van der Waals surface area contributed by atoms with Crippen LogP contribution in [-0.4, -0.2) is 47.4 Å². The van der Waals surface area contributed by atoms with Crippen molar-refractivity contribution in [2.45, 2.75) is 30.4 Å². The molecule has 0 saturated carbocycles. The highest BCUT2D eigenvalue weighted by molar-refractivity contribution is 7.89. The molecule has 1 aliphatic rings. The number of aliphatic hydroxyl groups is 1. The zero-order valence-electron chi connectivity index (χ0n) is 12.5. The first kappa shape index (κ1) is 15.9. The average Bonchev–Trinajstić information content (AvgIpc) is 2.89. The Morgan fingerprint density at radius 1 is 1.35 bits per heavy atom. The number of sulfonamides is 1. The van der Waals surface area contributed by atoms with Crippen LogP contribution in [-0.2, 0) is 14.8 Å². The van der Waals surface area contributed by atoms with Gasteiger partial charge in [-0.1, -0.05) is 18.2 Å². The number of aryl methyl sites for hydroxylation is 1. The van der Waals surface area contributed by atoms with Gasteiger partial charge in [0.05, 0.1) is 11.6 Å². The number of hydrogen-bond acceptors (Lipinski definition) is 5. The molecule has 1 aromatic heterocycles. The van der Waals surface area contributed by atoms with Gasteiger partial charge in [0, 0.05) is 24.0 Å². The number of aromatic nitrogens is 1. The smallest absolute Gasteiger partial charge is 0.246 e. The van der Waals surface area contributed by atoms with Crippen molar-refractivity contribution in [2.24, 2.45) is 5.73 Å². The number of para-hydroxylation sites is 1. The quantitative estimate of drug-likeness (QED) is 0.829. The maximum atomic E-state index is 13.0. The van der Waals surface area contributed by atoms with E-state index in [2.05, 4.69) is 4.98 Å². The summed E-state index contributed by atoms with van der Waals surface area (Å²) in [4.78, 5) is 15.9. The van der Waals surface area contributed by atoms with Crippen LogP contribution in [0.25, 0.3) is 10.9 Å². The molecule has 23 heavy (non-hydrogen) atoms. The number of nitrogens with zero attached hydrogens (tertiary/aromatic N) is 2. The van der Waals surface area contributed by atoms with Gasteiger partial charge in [-0.3, -0.25) is 9.78 Å². The Kier molecular flexibility index (Phi) is 3.83. The van der Waals surface area contributed by atoms with Gasteiger partial charge in [-0.25, -0.2) is 8.42 Å². The first-order chi connectivity index (χ1) is 10.8. The Balaban J connectivity index is 2.17. The zero-order chi connectivity index (χ0) is 16.8. The molecule has 3 rings (SSSR count). The number of fused-ring (bicyclic) bond motifs is 1. The lowest BCUT2D eigenvalue weighted by atomic mass is 10.2. The third-order valence-electron chi connectivity index (χ3n) is 3.97. The second kappa shape index (κ2) is 5.55. The minimum absolute atomic E-state index is 0.00574. The summed E-state index contributed by atoms with van der Waals surface area (Å²) in [7, 11) is -4.00. The summed E-state index contributed by atoms with van der Waals surface area (Å²) in [5, 5.41) is 10.4. The van der Waals surface area contributed by atoms with Crippen molar-refractivity contribution in [1.29, 1.82) is 0 Å². The number of aliphatic hydroxyl groups excluding tert-OH is 1. The van der Waals surface area contributed by atoms with Crippen LogP contribution < -0.4 is 5.73 Å². The molecule has 0 aliphatic carbocycles. The molecular formula is C15H17N3O4S. The average molecular weight is 335 g/mol. The summed E-state index contributed by atoms with van der Waals surface area (Å²) in [5.74, 6) is -0.769. The maximum absolute atomic E-state index is 13.0. The van der Waals surface area contributed by atoms with E-state index in [1.54, 1.807) is 31.2 Å². The van der Waals surface area contributed by atoms with Gasteiger partial charge < -0.3 is 10.8 Å². The van der Waals surface area contributed by atoms with Gasteiger partial charge in [0.25, 0.3) is 0 Å². The highest BCUT2D eigenvalue weighted by Crippen LogP contribution is 2.30. The summed E-state index contributed by atoms with van der Waals surface area (Å²) in [6, 6.07) is 7.39. The van der Waals surface area contributed by atoms with Crippen LogP contribution in [0.2, 0.25) is 0 Å². The normalized spacial score (nSPS) is 22.5. The lowest BCUT2D eigenvalue weighted by Crippen LogP contribution is -2.43. The van der Waals surface area contributed by atoms with E-state index in [0.717, 1.165) is 4.31 Å². The largest absolute Gasteiger partial charge is 0.392 e. The minimum atomic E-state index is -4.00. The van der Waals surface area contributed by atoms with E-state index in [0.29, 0.717) is 16.6 Å². The SMILES string of the molecule is Cc1ccc2cccc(S(=O)(=O)N3C[C@H](O)C[C@@H]3C(N)=O)c2n1. The molecule has 2 aromatic rings. The summed E-state index contributed by atoms with van der Waals surface area (Å²) >= 11 is 0. The molecule has 1 aromatic carbocycles. The summed E-state index contributed by atoms with van der Waals surface area (Å²) in [5.41, 5.74) is 6.32. The lowest BCUT2D eigenvalue weighted by molar-refractivity contribution is -0.121. The predicted molar refractivity (Wildman–Crippen MR) is 84.0 cm³/mol. The molecule has 122 valence electrons. The van der Waals surface area contributed by atoms with E-state index in [9.17, 15) is 18.3 Å². The molecule has 2 heterocycles. The van der Waals surface area contributed by atoms with Crippen molar-refractivity contribution >= 4 is 26.8 Å². The highest BCUT2D eigenvalue weighted by atomic mass is 32.2. The van der Waals surface area contributed by atoms with Crippen molar-refractivity contribution in [3.63, 3.8) is 0 Å². The summed E-state index contributed by atoms with van der Waals surface area (Å²) in [6.07, 6.45) is -0.904. The lowest BCUT2D eigenvalue weighted by Gasteiger charge is -2.22. The number of amides is 1. The van der Waals surface area contributed by atoms with Gasteiger partial charge in [-0.15, -0.1) is 0 Å². The molecule has 1 aliphatic heterocycles. The maximum Gasteiger partial charge on any atom is 0.246 e. The molecule has 0 spiro atoms. The fourth-order valence-electron chi connectivity index (χ4n) is 2.86. The molecule has 7 nitrogen and oxygen atoms in total. The number of nitrogens with two attached hydrogens (primary N) is 1. The Morgan fingerprint density at radius 3 is 2.78 bits per heavy atom. The molecule has 8 heteroatoms. The van der Waals surface area contributed by atoms with Crippen LogP contribution in [0.5, 0.6) is 0 Å². The summed E-state index contributed by atoms with van der Waals surface area (Å²) < 4.78 is 26.9. The van der Waals surface area contributed by atoms with Crippen LogP contribution in [0, 0.1) is 6.92 Å². The second-order valence-corrected chi connectivity index (χ2v) is 7.52. The standard InChI is InChI=1S/C15H17N3O4S/c1-9-5-6-10-3-2-4-13(14(10)17-9)23(21,22)18-8-11(19)7-12(18)15(16)20/h2-6,11-12,19H,7-8H2,1H3,(H2,16,20)/t11-,12-/m1/s1. The van der Waals surface area contributed by atoms with E-state index in [1.807, 2.05) is 0 Å². The Morgan fingerprint density at radius 2 is 2.09 bits per heavy atom. The van der Waals surface area contributed by atoms with Crippen molar-refractivity contribution in [2.75, 3.05) is 6.54 Å². The van der Waals surface area contributed by atoms with Crippen LogP contribution in [0.3, 0.4) is 0 Å². The number of β-amino-alcohol motifs (C(OH)–C–C–N with tert-alkyl or cyclic N) is 1. The van der Waals surface area contributed by atoms with Crippen molar-refractivity contribution < 1.29 is 18.3 Å². The van der Waals surface area contributed by atoms with Crippen molar-refractivity contribution in [1.82, 2.24) is 9.29 Å². The zero-order valence-corrected chi connectivity index (χ0v) is 13.3. The van der Waals surface area contributed by atoms with E-state index in [4.69, 9.17) is 5.73 Å². The third-order valence-corrected chi connectivity index (χ3v) is 5.88. The monoisotopic (exact) mass is 335 g/mol. The van der Waals surface area contributed by atoms with Crippen LogP contribution in [0.1, 0.15) is 12.1 Å². The van der Waals surface area contributed by atoms with Gasteiger partial charge in [0.1, 0.15) is 10.9 Å². The Hall–Kier alpha value is -2.03. The van der Waals surface area contributed by atoms with Gasteiger partial charge in [-0.05, 0) is 19.1 Å². The van der Waals surface area contributed by atoms with E-state index in [-0.39, 0.29) is 17.9 Å². The molecular weight excluding hydrogens is 318 g/mol. The Bertz CT molecular complexity index is 881. The molecule has 3 N–H and O–H groups in total. The first-order valence-corrected chi connectivity index (χ1v) is 8.60. The molecule has 1 amide bonds. The number of benzene rings is 1. The number of rotatable bonds is 3. The van der Waals surface area contributed by atoms with Gasteiger partial charge in [0.2, 0.25) is 15.9 Å². The number of hydrogen-bond donors (Lipinski definition) is 2. The molecule has 0 bridgehead atoms. The minimum Gasteiger partial charge on any atom is -0.392 e. The fraction of sp³-hybridized carbons (Fsp3) is 0.333. The van der Waals surface area contributed by atoms with Gasteiger partial charge >= 0.3 is 0 Å². The topological polar surface area (TPSA) is 114 Å². The molecule has 1 fully saturated rings. The number of carbonyl (C=O) groups is 1. The van der Waals surface area contributed by atoms with Gasteiger partial charge in [0.15, 0.2) is 0 Å². The van der Waals surface area contributed by atoms with E-state index >= 15 is 0 Å². The summed E-state index contributed by atoms with van der Waals surface area (Å²) in [6.45, 7) is 1.62. The van der Waals surface area contributed by atoms with E-state index < -0.39 is 28.1 Å². The van der Waals surface area contributed by atoms with Gasteiger partial charge in [-0.2, -0.15) is 4.31 Å². The molecule has 1 saturated heterocycles. The van der Waals surface area contributed by atoms with Crippen molar-refractivity contribution in [3.05, 3.63) is 36.0 Å². The van der Waals surface area contributed by atoms with Crippen LogP contribution in [0.15, 0.2) is 35.2 Å². The number of pyridine rings is 1. The third kappa shape index (κ3) is 2.69.